The molecule has 0 radical (unpaired) electrons. The quantitative estimate of drug-likeness (QED) is 0.755. The normalized spacial score (nSPS) is 18.8. The molecule has 1 fully saturated rings. The number of ether oxygens (including phenoxy) is 3. The summed E-state index contributed by atoms with van der Waals surface area (Å²) in [6.45, 7) is 1.10. The molecule has 0 aromatic heterocycles. The smallest absolute Gasteiger partial charge is 0.206 e. The summed E-state index contributed by atoms with van der Waals surface area (Å²) < 4.78 is 57.4. The lowest BCUT2D eigenvalue weighted by Gasteiger charge is -2.36. The second-order valence-corrected chi connectivity index (χ2v) is 9.12. The van der Waals surface area contributed by atoms with Crippen LogP contribution in [0.2, 0.25) is 0 Å². The van der Waals surface area contributed by atoms with Crippen molar-refractivity contribution in [2.24, 2.45) is 0 Å². The van der Waals surface area contributed by atoms with Crippen LogP contribution in [0, 0.1) is 5.82 Å². The van der Waals surface area contributed by atoms with Crippen LogP contribution in [0.25, 0.3) is 0 Å². The van der Waals surface area contributed by atoms with Crippen molar-refractivity contribution >= 4 is 15.6 Å². The molecule has 0 saturated carbocycles. The Labute approximate surface area is 168 Å². The van der Waals surface area contributed by atoms with Gasteiger partial charge >= 0.3 is 0 Å². The molecule has 0 bridgehead atoms. The number of fused-ring (bicyclic) bond motifs is 1. The van der Waals surface area contributed by atoms with Gasteiger partial charge in [0, 0.05) is 39.6 Å². The molecule has 0 amide bonds. The highest BCUT2D eigenvalue weighted by atomic mass is 32.2. The highest BCUT2D eigenvalue weighted by molar-refractivity contribution is 7.91. The zero-order chi connectivity index (χ0) is 20.6. The summed E-state index contributed by atoms with van der Waals surface area (Å²) in [6.07, 6.45) is 1.26. The number of hydrogen-bond donors (Lipinski definition) is 0. The minimum Gasteiger partial charge on any atom is -0.492 e. The first-order chi connectivity index (χ1) is 13.9. The third kappa shape index (κ3) is 3.56. The molecule has 2 aromatic rings. The van der Waals surface area contributed by atoms with Gasteiger partial charge in [0.1, 0.15) is 11.6 Å². The Balaban J connectivity index is 1.78. The monoisotopic (exact) mass is 420 g/mol. The summed E-state index contributed by atoms with van der Waals surface area (Å²) in [5.41, 5.74) is 0.0256. The third-order valence-corrected chi connectivity index (χ3v) is 7.28. The lowest BCUT2D eigenvalue weighted by Crippen LogP contribution is -2.35. The largest absolute Gasteiger partial charge is 0.492 e. The molecule has 0 unspecified atom stereocenters. The highest BCUT2D eigenvalue weighted by Crippen LogP contribution is 2.38. The number of rotatable bonds is 4. The SMILES string of the molecule is COC1(c2cc(F)cc(S(=O)(=O)c3ccc4c(c3)OCCC4=O)c2)CCOCC1. The van der Waals surface area contributed by atoms with Gasteiger partial charge in [-0.2, -0.15) is 0 Å². The van der Waals surface area contributed by atoms with Crippen molar-refractivity contribution in [3.63, 3.8) is 0 Å². The van der Waals surface area contributed by atoms with Crippen LogP contribution in [0.3, 0.4) is 0 Å². The van der Waals surface area contributed by atoms with Crippen LogP contribution in [-0.2, 0) is 24.9 Å². The standard InChI is InChI=1S/C21H21FO6S/c1-26-21(5-8-27-9-6-21)14-10-15(22)12-17(11-14)29(24,25)16-2-3-18-19(23)4-7-28-20(18)13-16/h2-3,10-13H,4-9H2,1H3. The first-order valence-electron chi connectivity index (χ1n) is 9.35. The number of halogens is 1. The molecule has 2 aliphatic rings. The topological polar surface area (TPSA) is 78.9 Å². The molecule has 0 aliphatic carbocycles. The Hall–Kier alpha value is -2.29. The first-order valence-corrected chi connectivity index (χ1v) is 10.8. The van der Waals surface area contributed by atoms with E-state index >= 15 is 0 Å². The van der Waals surface area contributed by atoms with Crippen molar-refractivity contribution in [3.8, 4) is 5.75 Å². The Morgan fingerprint density at radius 2 is 1.79 bits per heavy atom. The summed E-state index contributed by atoms with van der Waals surface area (Å²) in [5.74, 6) is -0.519. The lowest BCUT2D eigenvalue weighted by atomic mass is 9.86. The molecular weight excluding hydrogens is 399 g/mol. The molecule has 2 aromatic carbocycles. The molecule has 1 saturated heterocycles. The summed E-state index contributed by atoms with van der Waals surface area (Å²) in [6, 6.07) is 7.88. The van der Waals surface area contributed by atoms with Gasteiger partial charge in [-0.1, -0.05) is 0 Å². The van der Waals surface area contributed by atoms with Gasteiger partial charge in [-0.3, -0.25) is 4.79 Å². The van der Waals surface area contributed by atoms with Gasteiger partial charge in [0.15, 0.2) is 5.78 Å². The second-order valence-electron chi connectivity index (χ2n) is 7.17. The number of methoxy groups -OCH3 is 1. The van der Waals surface area contributed by atoms with Crippen molar-refractivity contribution in [2.45, 2.75) is 34.7 Å². The maximum absolute atomic E-state index is 14.4. The number of carbonyl (C=O) groups is 1. The fraction of sp³-hybridized carbons (Fsp3) is 0.381. The van der Waals surface area contributed by atoms with Crippen molar-refractivity contribution < 1.29 is 31.8 Å². The van der Waals surface area contributed by atoms with Crippen molar-refractivity contribution in [3.05, 3.63) is 53.3 Å². The third-order valence-electron chi connectivity index (χ3n) is 5.55. The van der Waals surface area contributed by atoms with Crippen LogP contribution in [0.1, 0.15) is 35.2 Å². The van der Waals surface area contributed by atoms with Gasteiger partial charge in [-0.05, 0) is 42.0 Å². The van der Waals surface area contributed by atoms with Crippen molar-refractivity contribution in [2.75, 3.05) is 26.9 Å². The number of Topliss-reactive ketones (excluding diaryl/α,β-unsaturated/α-hetero) is 1. The van der Waals surface area contributed by atoms with Gasteiger partial charge in [0.2, 0.25) is 9.84 Å². The van der Waals surface area contributed by atoms with Crippen LogP contribution in [-0.4, -0.2) is 41.1 Å². The van der Waals surface area contributed by atoms with Crippen LogP contribution in [0.4, 0.5) is 4.39 Å². The minimum atomic E-state index is -4.03. The highest BCUT2D eigenvalue weighted by Gasteiger charge is 2.36. The molecular formula is C21H21FO6S. The van der Waals surface area contributed by atoms with E-state index < -0.39 is 21.3 Å². The predicted octanol–water partition coefficient (Wildman–Crippen LogP) is 3.28. The van der Waals surface area contributed by atoms with Crippen LogP contribution in [0.15, 0.2) is 46.2 Å². The average Bonchev–Trinajstić information content (AvgIpc) is 2.73. The van der Waals surface area contributed by atoms with Crippen LogP contribution < -0.4 is 4.74 Å². The molecule has 0 N–H and O–H groups in total. The van der Waals surface area contributed by atoms with Crippen molar-refractivity contribution in [1.29, 1.82) is 0 Å². The lowest BCUT2D eigenvalue weighted by molar-refractivity contribution is -0.0950. The van der Waals surface area contributed by atoms with Crippen LogP contribution in [0.5, 0.6) is 5.75 Å². The maximum atomic E-state index is 14.4. The number of sulfone groups is 1. The summed E-state index contributed by atoms with van der Waals surface area (Å²) in [4.78, 5) is 11.7. The van der Waals surface area contributed by atoms with Gasteiger partial charge < -0.3 is 14.2 Å². The molecule has 0 atom stereocenters. The van der Waals surface area contributed by atoms with Gasteiger partial charge in [0.05, 0.1) is 27.6 Å². The van der Waals surface area contributed by atoms with Gasteiger partial charge in [0.25, 0.3) is 0 Å². The zero-order valence-electron chi connectivity index (χ0n) is 15.9. The Bertz CT molecular complexity index is 1060. The minimum absolute atomic E-state index is 0.0547. The fourth-order valence-electron chi connectivity index (χ4n) is 3.84. The Morgan fingerprint density at radius 1 is 1.03 bits per heavy atom. The Morgan fingerprint density at radius 3 is 2.52 bits per heavy atom. The zero-order valence-corrected chi connectivity index (χ0v) is 16.8. The molecule has 0 spiro atoms. The number of benzene rings is 2. The number of hydrogen-bond acceptors (Lipinski definition) is 6. The van der Waals surface area contributed by atoms with E-state index in [4.69, 9.17) is 14.2 Å². The van der Waals surface area contributed by atoms with E-state index in [0.717, 1.165) is 6.07 Å². The molecule has 6 nitrogen and oxygen atoms in total. The van der Waals surface area contributed by atoms with E-state index in [1.165, 1.54) is 37.4 Å². The fourth-order valence-corrected chi connectivity index (χ4v) is 5.17. The molecule has 2 heterocycles. The van der Waals surface area contributed by atoms with E-state index in [1.807, 2.05) is 0 Å². The van der Waals surface area contributed by atoms with E-state index in [9.17, 15) is 17.6 Å². The summed E-state index contributed by atoms with van der Waals surface area (Å²) in [5, 5.41) is 0. The molecule has 154 valence electrons. The van der Waals surface area contributed by atoms with Gasteiger partial charge in [-0.15, -0.1) is 0 Å². The number of ketones is 1. The predicted molar refractivity (Wildman–Crippen MR) is 101 cm³/mol. The average molecular weight is 420 g/mol. The van der Waals surface area contributed by atoms with E-state index in [2.05, 4.69) is 0 Å². The number of carbonyl (C=O) groups excluding carboxylic acids is 1. The maximum Gasteiger partial charge on any atom is 0.206 e. The summed E-state index contributed by atoms with van der Waals surface area (Å²) in [7, 11) is -2.50. The molecule has 29 heavy (non-hydrogen) atoms. The van der Waals surface area contributed by atoms with Crippen LogP contribution >= 0.6 is 0 Å². The van der Waals surface area contributed by atoms with Gasteiger partial charge in [-0.25, -0.2) is 12.8 Å². The van der Waals surface area contributed by atoms with E-state index in [-0.39, 0.29) is 34.4 Å². The van der Waals surface area contributed by atoms with E-state index in [0.29, 0.717) is 37.2 Å². The Kier molecular flexibility index (Phi) is 5.18. The van der Waals surface area contributed by atoms with E-state index in [1.54, 1.807) is 0 Å². The second kappa shape index (κ2) is 7.51. The molecule has 2 aliphatic heterocycles. The molecule has 4 rings (SSSR count). The first kappa shape index (κ1) is 20.0. The molecule has 8 heteroatoms. The summed E-state index contributed by atoms with van der Waals surface area (Å²) >= 11 is 0. The van der Waals surface area contributed by atoms with Crippen molar-refractivity contribution in [1.82, 2.24) is 0 Å².